The monoisotopic (exact) mass is 305 g/mol. The van der Waals surface area contributed by atoms with Gasteiger partial charge in [-0.25, -0.2) is 0 Å². The second-order valence-corrected chi connectivity index (χ2v) is 5.53. The molecule has 0 N–H and O–H groups in total. The quantitative estimate of drug-likeness (QED) is 0.490. The van der Waals surface area contributed by atoms with Gasteiger partial charge in [-0.05, 0) is 6.42 Å². The number of carbonyl (C=O) groups excluding carboxylic acids is 1. The van der Waals surface area contributed by atoms with Gasteiger partial charge in [-0.3, -0.25) is 4.79 Å². The van der Waals surface area contributed by atoms with Crippen LogP contribution >= 0.6 is 0 Å². The minimum absolute atomic E-state index is 0. The molecule has 1 unspecified atom stereocenters. The Morgan fingerprint density at radius 1 is 1.35 bits per heavy atom. The van der Waals surface area contributed by atoms with Gasteiger partial charge in [0.25, 0.3) is 0 Å². The minimum Gasteiger partial charge on any atom is -1.00 e. The van der Waals surface area contributed by atoms with E-state index in [1.165, 1.54) is 56.7 Å². The fourth-order valence-corrected chi connectivity index (χ4v) is 3.38. The molecule has 3 heterocycles. The molecule has 0 saturated carbocycles. The number of halogens is 1. The van der Waals surface area contributed by atoms with Crippen LogP contribution in [0.5, 0.6) is 0 Å². The Labute approximate surface area is 115 Å². The Bertz CT molecular complexity index is 262. The first-order valence-electron chi connectivity index (χ1n) is 6.67. The first-order chi connectivity index (χ1) is 7.65. The molecule has 3 saturated heterocycles. The Balaban J connectivity index is 0.00000144. The van der Waals surface area contributed by atoms with Crippen LogP contribution in [-0.2, 0) is 9.53 Å². The summed E-state index contributed by atoms with van der Waals surface area (Å²) in [6, 6.07) is 0. The minimum atomic E-state index is -0.104. The number of hydrogen-bond donors (Lipinski definition) is 0. The zero-order valence-electron chi connectivity index (χ0n) is 11.0. The van der Waals surface area contributed by atoms with Crippen LogP contribution in [0, 0.1) is 5.92 Å². The number of quaternary nitrogens is 1. The highest BCUT2D eigenvalue weighted by molar-refractivity contribution is 5.66. The van der Waals surface area contributed by atoms with E-state index in [1.807, 2.05) is 0 Å². The molecule has 1 atom stereocenters. The van der Waals surface area contributed by atoms with Crippen molar-refractivity contribution in [3.8, 4) is 0 Å². The molecule has 3 nitrogen and oxygen atoms in total. The van der Waals surface area contributed by atoms with Crippen molar-refractivity contribution in [1.29, 1.82) is 0 Å². The lowest BCUT2D eigenvalue weighted by molar-refractivity contribution is -0.946. The Morgan fingerprint density at radius 3 is 2.53 bits per heavy atom. The lowest BCUT2D eigenvalue weighted by Crippen LogP contribution is -3.00. The maximum Gasteiger partial charge on any atom is 0.303 e. The Kier molecular flexibility index (Phi) is 5.45. The van der Waals surface area contributed by atoms with Gasteiger partial charge in [-0.2, -0.15) is 0 Å². The van der Waals surface area contributed by atoms with Crippen LogP contribution in [0.4, 0.5) is 0 Å². The van der Waals surface area contributed by atoms with Crippen LogP contribution in [0.25, 0.3) is 0 Å². The lowest BCUT2D eigenvalue weighted by atomic mass is 9.83. The molecule has 3 aliphatic heterocycles. The van der Waals surface area contributed by atoms with Gasteiger partial charge in [-0.15, -0.1) is 0 Å². The Hall–Kier alpha value is -0.0900. The van der Waals surface area contributed by atoms with E-state index in [2.05, 4.69) is 6.92 Å². The van der Waals surface area contributed by atoms with E-state index in [-0.39, 0.29) is 29.1 Å². The third kappa shape index (κ3) is 3.44. The third-order valence-corrected chi connectivity index (χ3v) is 4.34. The molecular formula is C13H24BrNO2. The van der Waals surface area contributed by atoms with E-state index in [0.29, 0.717) is 5.92 Å². The van der Waals surface area contributed by atoms with E-state index in [9.17, 15) is 4.79 Å². The first kappa shape index (κ1) is 15.0. The van der Waals surface area contributed by atoms with E-state index in [0.717, 1.165) is 6.54 Å². The molecule has 0 aromatic carbocycles. The number of ether oxygens (including phenoxy) is 1. The molecule has 0 radical (unpaired) electrons. The molecule has 3 rings (SSSR count). The van der Waals surface area contributed by atoms with Gasteiger partial charge in [0.05, 0.1) is 19.6 Å². The van der Waals surface area contributed by atoms with Crippen LogP contribution in [0.2, 0.25) is 0 Å². The van der Waals surface area contributed by atoms with Crippen LogP contribution < -0.4 is 17.0 Å². The van der Waals surface area contributed by atoms with Gasteiger partial charge in [-0.1, -0.05) is 13.3 Å². The van der Waals surface area contributed by atoms with Crippen molar-refractivity contribution in [2.75, 3.05) is 26.2 Å². The lowest BCUT2D eigenvalue weighted by Gasteiger charge is -2.52. The third-order valence-electron chi connectivity index (χ3n) is 4.34. The number of esters is 1. The molecule has 0 aliphatic carbocycles. The summed E-state index contributed by atoms with van der Waals surface area (Å²) >= 11 is 0. The van der Waals surface area contributed by atoms with Crippen molar-refractivity contribution in [3.05, 3.63) is 0 Å². The van der Waals surface area contributed by atoms with E-state index in [1.54, 1.807) is 0 Å². The number of carbonyl (C=O) groups is 1. The van der Waals surface area contributed by atoms with Gasteiger partial charge in [0.1, 0.15) is 6.54 Å². The highest BCUT2D eigenvalue weighted by Gasteiger charge is 2.46. The molecule has 3 aliphatic rings. The normalized spacial score (nSPS) is 35.2. The predicted octanol–water partition coefficient (Wildman–Crippen LogP) is -1.04. The average Bonchev–Trinajstić information content (AvgIpc) is 2.27. The van der Waals surface area contributed by atoms with Crippen molar-refractivity contribution in [3.63, 3.8) is 0 Å². The summed E-state index contributed by atoms with van der Waals surface area (Å²) in [5.41, 5.74) is 0. The van der Waals surface area contributed by atoms with Gasteiger partial charge in [0, 0.05) is 25.7 Å². The van der Waals surface area contributed by atoms with Crippen molar-refractivity contribution in [2.45, 2.75) is 45.6 Å². The van der Waals surface area contributed by atoms with Crippen molar-refractivity contribution >= 4 is 5.97 Å². The molecule has 0 aromatic heterocycles. The molecule has 0 aromatic rings. The summed E-state index contributed by atoms with van der Waals surface area (Å²) < 4.78 is 6.69. The number of hydrogen-bond acceptors (Lipinski definition) is 2. The highest BCUT2D eigenvalue weighted by Crippen LogP contribution is 2.35. The standard InChI is InChI=1S/C13H24NO2.BrH/c1-3-4-7-14-8-5-12(6-9-14)13(10-14)16-11(2)15;/h12-13H,3-10H2,1-2H3;1H/q+1;/p-1. The van der Waals surface area contributed by atoms with E-state index < -0.39 is 0 Å². The van der Waals surface area contributed by atoms with Crippen LogP contribution in [0.3, 0.4) is 0 Å². The summed E-state index contributed by atoms with van der Waals surface area (Å²) in [5.74, 6) is 0.540. The number of piperidine rings is 3. The van der Waals surface area contributed by atoms with E-state index >= 15 is 0 Å². The fraction of sp³-hybridized carbons (Fsp3) is 0.923. The second-order valence-electron chi connectivity index (χ2n) is 5.53. The van der Waals surface area contributed by atoms with Gasteiger partial charge in [0.2, 0.25) is 0 Å². The maximum atomic E-state index is 11.1. The summed E-state index contributed by atoms with van der Waals surface area (Å²) in [6.45, 7) is 8.75. The number of fused-ring (bicyclic) bond motifs is 3. The van der Waals surface area contributed by atoms with E-state index in [4.69, 9.17) is 4.74 Å². The molecule has 17 heavy (non-hydrogen) atoms. The maximum absolute atomic E-state index is 11.1. The zero-order valence-corrected chi connectivity index (χ0v) is 12.5. The molecule has 4 heteroatoms. The van der Waals surface area contributed by atoms with Gasteiger partial charge < -0.3 is 26.2 Å². The summed E-state index contributed by atoms with van der Waals surface area (Å²) in [4.78, 5) is 11.1. The average molecular weight is 306 g/mol. The second kappa shape index (κ2) is 6.19. The SMILES string of the molecule is CCCC[N+]12CCC(CC1)C(OC(C)=O)C2.[Br-]. The fourth-order valence-electron chi connectivity index (χ4n) is 3.38. The number of rotatable bonds is 4. The highest BCUT2D eigenvalue weighted by atomic mass is 79.9. The number of unbranched alkanes of at least 4 members (excludes halogenated alkanes) is 1. The van der Waals surface area contributed by atoms with Crippen molar-refractivity contribution in [1.82, 2.24) is 0 Å². The Morgan fingerprint density at radius 2 is 2.00 bits per heavy atom. The molecule has 2 bridgehead atoms. The van der Waals surface area contributed by atoms with Gasteiger partial charge >= 0.3 is 5.97 Å². The molecule has 0 amide bonds. The molecule has 100 valence electrons. The van der Waals surface area contributed by atoms with Crippen LogP contribution in [-0.4, -0.2) is 42.7 Å². The summed E-state index contributed by atoms with van der Waals surface area (Å²) in [5, 5.41) is 0. The smallest absolute Gasteiger partial charge is 0.303 e. The molecule has 0 spiro atoms. The van der Waals surface area contributed by atoms with Crippen molar-refractivity contribution < 1.29 is 31.0 Å². The predicted molar refractivity (Wildman–Crippen MR) is 62.9 cm³/mol. The topological polar surface area (TPSA) is 26.3 Å². The van der Waals surface area contributed by atoms with Gasteiger partial charge in [0.15, 0.2) is 6.10 Å². The molecular weight excluding hydrogens is 282 g/mol. The van der Waals surface area contributed by atoms with Crippen LogP contribution in [0.1, 0.15) is 39.5 Å². The molecule has 3 fully saturated rings. The summed E-state index contributed by atoms with van der Waals surface area (Å²) in [6.07, 6.45) is 5.28. The van der Waals surface area contributed by atoms with Crippen LogP contribution in [0.15, 0.2) is 0 Å². The zero-order chi connectivity index (χ0) is 11.6. The van der Waals surface area contributed by atoms with Crippen molar-refractivity contribution in [2.24, 2.45) is 5.92 Å². The largest absolute Gasteiger partial charge is 1.00 e. The summed E-state index contributed by atoms with van der Waals surface area (Å²) in [7, 11) is 0. The number of nitrogens with zero attached hydrogens (tertiary/aromatic N) is 1. The first-order valence-corrected chi connectivity index (χ1v) is 6.67.